The van der Waals surface area contributed by atoms with Crippen molar-refractivity contribution >= 4 is 41.5 Å². The molecule has 1 fully saturated rings. The molecule has 122 valence electrons. The largest absolute Gasteiger partial charge is 0.378 e. The van der Waals surface area contributed by atoms with Crippen molar-refractivity contribution in [2.75, 3.05) is 26.3 Å². The summed E-state index contributed by atoms with van der Waals surface area (Å²) in [7, 11) is 0. The lowest BCUT2D eigenvalue weighted by Gasteiger charge is -2.32. The molecule has 0 radical (unpaired) electrons. The van der Waals surface area contributed by atoms with Gasteiger partial charge in [0.1, 0.15) is 0 Å². The van der Waals surface area contributed by atoms with Gasteiger partial charge in [0.15, 0.2) is 0 Å². The number of fused-ring (bicyclic) bond motifs is 1. The molecule has 2 aliphatic rings. The van der Waals surface area contributed by atoms with Crippen molar-refractivity contribution in [2.45, 2.75) is 25.4 Å². The zero-order valence-electron chi connectivity index (χ0n) is 12.1. The molecular weight excluding hydrogens is 347 g/mol. The predicted molar refractivity (Wildman–Crippen MR) is 90.1 cm³/mol. The average Bonchev–Trinajstić information content (AvgIpc) is 2.47. The van der Waals surface area contributed by atoms with Crippen molar-refractivity contribution in [1.82, 2.24) is 10.2 Å². The van der Waals surface area contributed by atoms with E-state index >= 15 is 0 Å². The van der Waals surface area contributed by atoms with Crippen LogP contribution in [0.25, 0.3) is 0 Å². The van der Waals surface area contributed by atoms with Crippen molar-refractivity contribution in [3.63, 3.8) is 0 Å². The van der Waals surface area contributed by atoms with Gasteiger partial charge in [-0.25, -0.2) is 0 Å². The lowest BCUT2D eigenvalue weighted by Crippen LogP contribution is -2.46. The van der Waals surface area contributed by atoms with Crippen LogP contribution in [0.2, 0.25) is 10.0 Å². The van der Waals surface area contributed by atoms with Crippen LogP contribution in [0.4, 0.5) is 0 Å². The Balaban J connectivity index is 0.00000176. The third-order valence-electron chi connectivity index (χ3n) is 4.02. The first kappa shape index (κ1) is 17.8. The summed E-state index contributed by atoms with van der Waals surface area (Å²) >= 11 is 12.3. The Kier molecular flexibility index (Phi) is 6.36. The van der Waals surface area contributed by atoms with Crippen LogP contribution in [0.3, 0.4) is 0 Å². The molecule has 3 rings (SSSR count). The maximum absolute atomic E-state index is 12.4. The van der Waals surface area contributed by atoms with Crippen LogP contribution in [0.15, 0.2) is 12.1 Å². The van der Waals surface area contributed by atoms with Gasteiger partial charge in [-0.15, -0.1) is 12.4 Å². The molecule has 1 atom stereocenters. The first-order chi connectivity index (χ1) is 10.1. The van der Waals surface area contributed by atoms with E-state index in [1.807, 2.05) is 11.0 Å². The number of rotatable bonds is 2. The quantitative estimate of drug-likeness (QED) is 0.876. The average molecular weight is 366 g/mol. The molecule has 7 heteroatoms. The van der Waals surface area contributed by atoms with E-state index in [-0.39, 0.29) is 24.4 Å². The fourth-order valence-electron chi connectivity index (χ4n) is 2.89. The SMILES string of the molecule is Cl.O=C(CC1COCCN1)N1CCc2cc(Cl)cc(Cl)c2C1. The van der Waals surface area contributed by atoms with Gasteiger partial charge in [-0.3, -0.25) is 4.79 Å². The van der Waals surface area contributed by atoms with E-state index in [9.17, 15) is 4.79 Å². The second-order valence-electron chi connectivity index (χ2n) is 5.52. The molecule has 0 spiro atoms. The van der Waals surface area contributed by atoms with Crippen molar-refractivity contribution in [3.8, 4) is 0 Å². The Hall–Kier alpha value is -0.520. The summed E-state index contributed by atoms with van der Waals surface area (Å²) in [5.41, 5.74) is 2.17. The molecule has 1 amide bonds. The molecule has 2 heterocycles. The Bertz CT molecular complexity index is 548. The van der Waals surface area contributed by atoms with Crippen molar-refractivity contribution in [3.05, 3.63) is 33.3 Å². The van der Waals surface area contributed by atoms with Crippen LogP contribution < -0.4 is 5.32 Å². The van der Waals surface area contributed by atoms with E-state index in [0.29, 0.717) is 29.6 Å². The van der Waals surface area contributed by atoms with Crippen LogP contribution >= 0.6 is 35.6 Å². The molecule has 4 nitrogen and oxygen atoms in total. The molecule has 2 aliphatic heterocycles. The monoisotopic (exact) mass is 364 g/mol. The molecule has 1 aromatic carbocycles. The normalized spacial score (nSPS) is 21.0. The van der Waals surface area contributed by atoms with E-state index in [1.54, 1.807) is 6.07 Å². The Morgan fingerprint density at radius 2 is 2.23 bits per heavy atom. The maximum atomic E-state index is 12.4. The topological polar surface area (TPSA) is 41.6 Å². The van der Waals surface area contributed by atoms with Crippen molar-refractivity contribution < 1.29 is 9.53 Å². The molecule has 1 unspecified atom stereocenters. The molecule has 0 saturated carbocycles. The highest BCUT2D eigenvalue weighted by atomic mass is 35.5. The van der Waals surface area contributed by atoms with Gasteiger partial charge >= 0.3 is 0 Å². The number of nitrogens with one attached hydrogen (secondary N) is 1. The highest BCUT2D eigenvalue weighted by molar-refractivity contribution is 6.35. The molecule has 1 aromatic rings. The molecular formula is C15H19Cl3N2O2. The summed E-state index contributed by atoms with van der Waals surface area (Å²) in [6, 6.07) is 3.81. The first-order valence-electron chi connectivity index (χ1n) is 7.19. The van der Waals surface area contributed by atoms with Gasteiger partial charge in [-0.1, -0.05) is 23.2 Å². The Morgan fingerprint density at radius 1 is 1.41 bits per heavy atom. The van der Waals surface area contributed by atoms with Crippen LogP contribution in [0.1, 0.15) is 17.5 Å². The summed E-state index contributed by atoms with van der Waals surface area (Å²) < 4.78 is 5.39. The zero-order chi connectivity index (χ0) is 14.8. The van der Waals surface area contributed by atoms with E-state index < -0.39 is 0 Å². The number of benzene rings is 1. The lowest BCUT2D eigenvalue weighted by atomic mass is 9.99. The fourth-order valence-corrected chi connectivity index (χ4v) is 3.48. The van der Waals surface area contributed by atoms with Gasteiger partial charge < -0.3 is 15.0 Å². The second kappa shape index (κ2) is 7.84. The number of carbonyl (C=O) groups excluding carboxylic acids is 1. The summed E-state index contributed by atoms with van der Waals surface area (Å²) in [6.07, 6.45) is 1.27. The number of hydrogen-bond donors (Lipinski definition) is 1. The smallest absolute Gasteiger partial charge is 0.224 e. The van der Waals surface area contributed by atoms with E-state index in [0.717, 1.165) is 37.2 Å². The number of nitrogens with zero attached hydrogens (tertiary/aromatic N) is 1. The van der Waals surface area contributed by atoms with Gasteiger partial charge in [0.2, 0.25) is 5.91 Å². The third kappa shape index (κ3) is 4.06. The van der Waals surface area contributed by atoms with Crippen LogP contribution in [0, 0.1) is 0 Å². The maximum Gasteiger partial charge on any atom is 0.224 e. The molecule has 1 saturated heterocycles. The number of hydrogen-bond acceptors (Lipinski definition) is 3. The van der Waals surface area contributed by atoms with Crippen LogP contribution in [0.5, 0.6) is 0 Å². The number of ether oxygens (including phenoxy) is 1. The number of amides is 1. The van der Waals surface area contributed by atoms with Gasteiger partial charge in [-0.05, 0) is 29.7 Å². The van der Waals surface area contributed by atoms with E-state index in [4.69, 9.17) is 27.9 Å². The minimum absolute atomic E-state index is 0. The van der Waals surface area contributed by atoms with Gasteiger partial charge in [0.25, 0.3) is 0 Å². The van der Waals surface area contributed by atoms with E-state index in [2.05, 4.69) is 5.32 Å². The lowest BCUT2D eigenvalue weighted by molar-refractivity contribution is -0.133. The van der Waals surface area contributed by atoms with Crippen LogP contribution in [-0.4, -0.2) is 43.2 Å². The summed E-state index contributed by atoms with van der Waals surface area (Å²) in [4.78, 5) is 14.3. The second-order valence-corrected chi connectivity index (χ2v) is 6.36. The highest BCUT2D eigenvalue weighted by Crippen LogP contribution is 2.30. The van der Waals surface area contributed by atoms with Crippen molar-refractivity contribution in [1.29, 1.82) is 0 Å². The Labute approximate surface area is 146 Å². The van der Waals surface area contributed by atoms with Gasteiger partial charge in [-0.2, -0.15) is 0 Å². The molecule has 0 bridgehead atoms. The number of carbonyl (C=O) groups is 1. The predicted octanol–water partition coefficient (Wildman–Crippen LogP) is 2.68. The van der Waals surface area contributed by atoms with Crippen LogP contribution in [-0.2, 0) is 22.5 Å². The fraction of sp³-hybridized carbons (Fsp3) is 0.533. The molecule has 0 aromatic heterocycles. The first-order valence-corrected chi connectivity index (χ1v) is 7.95. The molecule has 22 heavy (non-hydrogen) atoms. The molecule has 0 aliphatic carbocycles. The summed E-state index contributed by atoms with van der Waals surface area (Å²) in [5.74, 6) is 0.148. The summed E-state index contributed by atoms with van der Waals surface area (Å²) in [5, 5.41) is 4.61. The highest BCUT2D eigenvalue weighted by Gasteiger charge is 2.25. The van der Waals surface area contributed by atoms with Gasteiger partial charge in [0, 0.05) is 42.1 Å². The minimum atomic E-state index is 0. The number of halogens is 3. The molecule has 1 N–H and O–H groups in total. The number of morpholine rings is 1. The van der Waals surface area contributed by atoms with E-state index in [1.165, 1.54) is 0 Å². The minimum Gasteiger partial charge on any atom is -0.378 e. The Morgan fingerprint density at radius 3 is 2.95 bits per heavy atom. The third-order valence-corrected chi connectivity index (χ3v) is 4.58. The summed E-state index contributed by atoms with van der Waals surface area (Å²) in [6.45, 7) is 3.42. The standard InChI is InChI=1S/C15H18Cl2N2O2.ClH/c16-11-5-10-1-3-19(8-13(10)14(17)6-11)15(20)7-12-9-21-4-2-18-12;/h5-6,12,18H,1-4,7-9H2;1H. The zero-order valence-corrected chi connectivity index (χ0v) is 14.4. The van der Waals surface area contributed by atoms with Gasteiger partial charge in [0.05, 0.1) is 13.2 Å². The van der Waals surface area contributed by atoms with Crippen molar-refractivity contribution in [2.24, 2.45) is 0 Å².